The monoisotopic (exact) mass is 340 g/mol. The molecule has 25 heavy (non-hydrogen) atoms. The summed E-state index contributed by atoms with van der Waals surface area (Å²) < 4.78 is 11.0. The number of benzene rings is 2. The minimum Gasteiger partial charge on any atom is -0.482 e. The van der Waals surface area contributed by atoms with Gasteiger partial charge in [0.05, 0.1) is 5.69 Å². The molecule has 0 unspecified atom stereocenters. The quantitative estimate of drug-likeness (QED) is 0.897. The van der Waals surface area contributed by atoms with Crippen molar-refractivity contribution in [3.05, 3.63) is 47.5 Å². The SMILES string of the molecule is Cc1cc(C)cc(O[C@H](C)C(=O)Nc2ccc3c(c2)NC(=O)CO3)c1. The molecule has 0 spiro atoms. The Morgan fingerprint density at radius 1 is 1.20 bits per heavy atom. The zero-order valence-electron chi connectivity index (χ0n) is 14.4. The molecule has 2 aromatic rings. The molecule has 0 bridgehead atoms. The van der Waals surface area contributed by atoms with Crippen molar-refractivity contribution in [1.29, 1.82) is 0 Å². The van der Waals surface area contributed by atoms with Crippen molar-refractivity contribution >= 4 is 23.2 Å². The molecule has 2 amide bonds. The van der Waals surface area contributed by atoms with Gasteiger partial charge in [-0.15, -0.1) is 0 Å². The Hall–Kier alpha value is -3.02. The van der Waals surface area contributed by atoms with Crippen LogP contribution in [0.3, 0.4) is 0 Å². The maximum Gasteiger partial charge on any atom is 0.265 e. The van der Waals surface area contributed by atoms with E-state index in [2.05, 4.69) is 10.6 Å². The summed E-state index contributed by atoms with van der Waals surface area (Å²) in [7, 11) is 0. The summed E-state index contributed by atoms with van der Waals surface area (Å²) in [6.45, 7) is 5.65. The first-order valence-electron chi connectivity index (χ1n) is 8.03. The fourth-order valence-corrected chi connectivity index (χ4v) is 2.66. The van der Waals surface area contributed by atoms with Crippen LogP contribution in [0.4, 0.5) is 11.4 Å². The maximum absolute atomic E-state index is 12.4. The minimum atomic E-state index is -0.664. The molecule has 6 nitrogen and oxygen atoms in total. The van der Waals surface area contributed by atoms with Gasteiger partial charge < -0.3 is 20.1 Å². The van der Waals surface area contributed by atoms with Crippen molar-refractivity contribution in [2.45, 2.75) is 26.9 Å². The number of rotatable bonds is 4. The summed E-state index contributed by atoms with van der Waals surface area (Å²) in [6.07, 6.45) is -0.664. The summed E-state index contributed by atoms with van der Waals surface area (Å²) in [5.41, 5.74) is 3.25. The van der Waals surface area contributed by atoms with Gasteiger partial charge >= 0.3 is 0 Å². The lowest BCUT2D eigenvalue weighted by atomic mass is 10.1. The number of ether oxygens (including phenoxy) is 2. The lowest BCUT2D eigenvalue weighted by molar-refractivity contribution is -0.122. The van der Waals surface area contributed by atoms with Gasteiger partial charge in [-0.1, -0.05) is 6.07 Å². The van der Waals surface area contributed by atoms with Crippen LogP contribution in [-0.4, -0.2) is 24.5 Å². The molecular weight excluding hydrogens is 320 g/mol. The zero-order chi connectivity index (χ0) is 18.0. The van der Waals surface area contributed by atoms with E-state index in [9.17, 15) is 9.59 Å². The predicted octanol–water partition coefficient (Wildman–Crippen LogP) is 3.04. The van der Waals surface area contributed by atoms with E-state index >= 15 is 0 Å². The first kappa shape index (κ1) is 16.8. The number of nitrogens with one attached hydrogen (secondary N) is 2. The number of hydrogen-bond acceptors (Lipinski definition) is 4. The zero-order valence-corrected chi connectivity index (χ0v) is 14.4. The van der Waals surface area contributed by atoms with Crippen LogP contribution in [0.25, 0.3) is 0 Å². The molecule has 0 saturated carbocycles. The second kappa shape index (κ2) is 6.84. The van der Waals surface area contributed by atoms with Gasteiger partial charge in [0, 0.05) is 5.69 Å². The summed E-state index contributed by atoms with van der Waals surface area (Å²) in [5, 5.41) is 5.49. The van der Waals surface area contributed by atoms with E-state index < -0.39 is 6.10 Å². The second-order valence-electron chi connectivity index (χ2n) is 6.12. The van der Waals surface area contributed by atoms with E-state index in [1.165, 1.54) is 0 Å². The molecule has 1 atom stereocenters. The van der Waals surface area contributed by atoms with E-state index in [-0.39, 0.29) is 18.4 Å². The van der Waals surface area contributed by atoms with Crippen LogP contribution in [0.15, 0.2) is 36.4 Å². The van der Waals surface area contributed by atoms with E-state index in [0.29, 0.717) is 22.9 Å². The fourth-order valence-electron chi connectivity index (χ4n) is 2.66. The summed E-state index contributed by atoms with van der Waals surface area (Å²) in [5.74, 6) is 0.744. The Kier molecular flexibility index (Phi) is 4.61. The van der Waals surface area contributed by atoms with Gasteiger partial charge in [-0.2, -0.15) is 0 Å². The van der Waals surface area contributed by atoms with Crippen LogP contribution < -0.4 is 20.1 Å². The molecule has 0 fully saturated rings. The molecule has 6 heteroatoms. The van der Waals surface area contributed by atoms with Crippen molar-refractivity contribution < 1.29 is 19.1 Å². The van der Waals surface area contributed by atoms with Crippen LogP contribution in [-0.2, 0) is 9.59 Å². The average molecular weight is 340 g/mol. The van der Waals surface area contributed by atoms with Gasteiger partial charge in [0.25, 0.3) is 11.8 Å². The average Bonchev–Trinajstić information content (AvgIpc) is 2.53. The first-order valence-corrected chi connectivity index (χ1v) is 8.03. The number of anilines is 2. The van der Waals surface area contributed by atoms with Crippen LogP contribution in [0, 0.1) is 13.8 Å². The van der Waals surface area contributed by atoms with E-state index in [0.717, 1.165) is 11.1 Å². The normalized spacial score (nSPS) is 14.0. The van der Waals surface area contributed by atoms with Crippen LogP contribution in [0.1, 0.15) is 18.1 Å². The molecule has 2 aromatic carbocycles. The molecule has 2 N–H and O–H groups in total. The van der Waals surface area contributed by atoms with E-state index in [4.69, 9.17) is 9.47 Å². The minimum absolute atomic E-state index is 0.000507. The highest BCUT2D eigenvalue weighted by atomic mass is 16.5. The highest BCUT2D eigenvalue weighted by Gasteiger charge is 2.19. The molecule has 130 valence electrons. The highest BCUT2D eigenvalue weighted by molar-refractivity contribution is 5.98. The molecule has 1 aliphatic heterocycles. The largest absolute Gasteiger partial charge is 0.482 e. The Morgan fingerprint density at radius 3 is 2.64 bits per heavy atom. The van der Waals surface area contributed by atoms with Crippen LogP contribution >= 0.6 is 0 Å². The number of fused-ring (bicyclic) bond motifs is 1. The highest BCUT2D eigenvalue weighted by Crippen LogP contribution is 2.30. The van der Waals surface area contributed by atoms with Crippen LogP contribution in [0.2, 0.25) is 0 Å². The van der Waals surface area contributed by atoms with Gasteiger partial charge in [0.1, 0.15) is 11.5 Å². The van der Waals surface area contributed by atoms with E-state index in [1.54, 1.807) is 25.1 Å². The third kappa shape index (κ3) is 4.09. The number of carbonyl (C=O) groups excluding carboxylic acids is 2. The summed E-state index contributed by atoms with van der Waals surface area (Å²) in [4.78, 5) is 23.7. The van der Waals surface area contributed by atoms with Crippen molar-refractivity contribution in [2.24, 2.45) is 0 Å². The molecule has 0 saturated heterocycles. The van der Waals surface area contributed by atoms with Crippen molar-refractivity contribution in [3.63, 3.8) is 0 Å². The third-order valence-electron chi connectivity index (χ3n) is 3.76. The Morgan fingerprint density at radius 2 is 1.92 bits per heavy atom. The number of aryl methyl sites for hydroxylation is 2. The maximum atomic E-state index is 12.4. The molecule has 0 aromatic heterocycles. The van der Waals surface area contributed by atoms with Gasteiger partial charge in [0.15, 0.2) is 12.7 Å². The summed E-state index contributed by atoms with van der Waals surface area (Å²) >= 11 is 0. The molecule has 3 rings (SSSR count). The fraction of sp³-hybridized carbons (Fsp3) is 0.263. The first-order chi connectivity index (χ1) is 11.9. The standard InChI is InChI=1S/C19H20N2O4/c1-11-6-12(2)8-15(7-11)25-13(3)19(23)20-14-4-5-17-16(9-14)21-18(22)10-24-17/h4-9,13H,10H2,1-3H3,(H,20,23)(H,21,22)/t13-/m1/s1. The van der Waals surface area contributed by atoms with Crippen molar-refractivity contribution in [1.82, 2.24) is 0 Å². The smallest absolute Gasteiger partial charge is 0.265 e. The predicted molar refractivity (Wildman–Crippen MR) is 95.2 cm³/mol. The molecule has 0 aliphatic carbocycles. The Balaban J connectivity index is 1.67. The lowest BCUT2D eigenvalue weighted by Crippen LogP contribution is -2.30. The summed E-state index contributed by atoms with van der Waals surface area (Å²) in [6, 6.07) is 10.9. The van der Waals surface area contributed by atoms with Crippen LogP contribution in [0.5, 0.6) is 11.5 Å². The Labute approximate surface area is 146 Å². The van der Waals surface area contributed by atoms with E-state index in [1.807, 2.05) is 32.0 Å². The Bertz CT molecular complexity index is 812. The van der Waals surface area contributed by atoms with Crippen molar-refractivity contribution in [2.75, 3.05) is 17.2 Å². The molecule has 1 heterocycles. The van der Waals surface area contributed by atoms with Gasteiger partial charge in [-0.3, -0.25) is 9.59 Å². The molecular formula is C19H20N2O4. The number of hydrogen-bond donors (Lipinski definition) is 2. The molecule has 0 radical (unpaired) electrons. The van der Waals surface area contributed by atoms with Gasteiger partial charge in [-0.25, -0.2) is 0 Å². The second-order valence-corrected chi connectivity index (χ2v) is 6.12. The molecule has 1 aliphatic rings. The third-order valence-corrected chi connectivity index (χ3v) is 3.76. The lowest BCUT2D eigenvalue weighted by Gasteiger charge is -2.19. The number of carbonyl (C=O) groups is 2. The topological polar surface area (TPSA) is 76.7 Å². The van der Waals surface area contributed by atoms with Gasteiger partial charge in [0.2, 0.25) is 0 Å². The van der Waals surface area contributed by atoms with Crippen molar-refractivity contribution in [3.8, 4) is 11.5 Å². The van der Waals surface area contributed by atoms with Gasteiger partial charge in [-0.05, 0) is 62.2 Å². The number of amides is 2.